The Labute approximate surface area is 192 Å². The number of unbranched alkanes of at least 4 members (excludes halogenated alkanes) is 1. The molecule has 2 heterocycles. The number of aromatic nitrogens is 2. The van der Waals surface area contributed by atoms with Crippen molar-refractivity contribution >= 4 is 29.4 Å². The highest BCUT2D eigenvalue weighted by molar-refractivity contribution is 7.09. The molecule has 0 spiro atoms. The van der Waals surface area contributed by atoms with Crippen molar-refractivity contribution in [1.29, 1.82) is 0 Å². The number of methoxy groups -OCH3 is 2. The van der Waals surface area contributed by atoms with Crippen LogP contribution in [0, 0.1) is 0 Å². The Morgan fingerprint density at radius 2 is 1.91 bits per heavy atom. The molecular weight excluding hydrogens is 424 g/mol. The summed E-state index contributed by atoms with van der Waals surface area (Å²) in [7, 11) is 2.77. The van der Waals surface area contributed by atoms with Gasteiger partial charge in [0, 0.05) is 29.8 Å². The summed E-state index contributed by atoms with van der Waals surface area (Å²) in [5.41, 5.74) is 2.97. The highest BCUT2D eigenvalue weighted by Crippen LogP contribution is 2.20. The summed E-state index contributed by atoms with van der Waals surface area (Å²) < 4.78 is 11.9. The minimum atomic E-state index is -0.359. The number of ether oxygens (including phenoxy) is 2. The van der Waals surface area contributed by atoms with Crippen LogP contribution in [0.5, 0.6) is 0 Å². The highest BCUT2D eigenvalue weighted by atomic mass is 32.1. The molecule has 0 saturated heterocycles. The van der Waals surface area contributed by atoms with Gasteiger partial charge < -0.3 is 14.0 Å². The summed E-state index contributed by atoms with van der Waals surface area (Å²) >= 11 is 1.61. The SMILES string of the molecule is CCCCc1ncc(C=C(Cc2cccs2)C(=O)OC)n1Cc1ccc(C(=O)OC)cc1. The van der Waals surface area contributed by atoms with E-state index < -0.39 is 0 Å². The van der Waals surface area contributed by atoms with E-state index in [9.17, 15) is 9.59 Å². The van der Waals surface area contributed by atoms with Crippen molar-refractivity contribution in [2.45, 2.75) is 39.2 Å². The zero-order valence-electron chi connectivity index (χ0n) is 18.7. The van der Waals surface area contributed by atoms with Crippen LogP contribution in [-0.2, 0) is 33.7 Å². The van der Waals surface area contributed by atoms with Crippen LogP contribution < -0.4 is 0 Å². The maximum atomic E-state index is 12.5. The number of hydrogen-bond donors (Lipinski definition) is 0. The number of benzene rings is 1. The molecule has 0 fully saturated rings. The molecule has 0 unspecified atom stereocenters. The molecule has 0 bridgehead atoms. The second-order valence-electron chi connectivity index (χ2n) is 7.39. The molecule has 0 saturated carbocycles. The quantitative estimate of drug-likeness (QED) is 0.323. The molecule has 0 N–H and O–H groups in total. The number of carbonyl (C=O) groups excluding carboxylic acids is 2. The van der Waals surface area contributed by atoms with Crippen LogP contribution in [-0.4, -0.2) is 35.7 Å². The van der Waals surface area contributed by atoms with E-state index in [0.29, 0.717) is 24.1 Å². The number of imidazole rings is 1. The molecule has 6 nitrogen and oxygen atoms in total. The molecule has 1 aromatic carbocycles. The van der Waals surface area contributed by atoms with Crippen LogP contribution in [0.2, 0.25) is 0 Å². The molecule has 0 atom stereocenters. The minimum absolute atomic E-state index is 0.344. The first-order chi connectivity index (χ1) is 15.5. The predicted octanol–water partition coefficient (Wildman–Crippen LogP) is 4.92. The van der Waals surface area contributed by atoms with E-state index in [-0.39, 0.29) is 11.9 Å². The van der Waals surface area contributed by atoms with Crippen molar-refractivity contribution in [3.63, 3.8) is 0 Å². The molecular formula is C25H28N2O4S. The molecule has 32 heavy (non-hydrogen) atoms. The number of hydrogen-bond acceptors (Lipinski definition) is 6. The zero-order chi connectivity index (χ0) is 22.9. The number of thiophene rings is 1. The number of rotatable bonds is 10. The van der Waals surface area contributed by atoms with Crippen LogP contribution in [0.3, 0.4) is 0 Å². The van der Waals surface area contributed by atoms with Gasteiger partial charge in [0.25, 0.3) is 0 Å². The van der Waals surface area contributed by atoms with E-state index in [1.54, 1.807) is 23.5 Å². The number of aryl methyl sites for hydroxylation is 1. The lowest BCUT2D eigenvalue weighted by molar-refractivity contribution is -0.136. The smallest absolute Gasteiger partial charge is 0.337 e. The molecule has 3 aromatic rings. The summed E-state index contributed by atoms with van der Waals surface area (Å²) in [4.78, 5) is 29.9. The van der Waals surface area contributed by atoms with Crippen LogP contribution in [0.15, 0.2) is 53.5 Å². The number of esters is 2. The van der Waals surface area contributed by atoms with E-state index in [2.05, 4.69) is 16.5 Å². The standard InChI is InChI=1S/C25H28N2O4S/c1-4-5-8-23-26-16-21(14-20(25(29)31-3)15-22-7-6-13-32-22)27(23)17-18-9-11-19(12-10-18)24(28)30-2/h6-7,9-14,16H,4-5,8,15,17H2,1-3H3. The average Bonchev–Trinajstić information content (AvgIpc) is 3.47. The second kappa shape index (κ2) is 11.4. The first-order valence-corrected chi connectivity index (χ1v) is 11.5. The minimum Gasteiger partial charge on any atom is -0.466 e. The summed E-state index contributed by atoms with van der Waals surface area (Å²) in [5.74, 6) is 0.266. The van der Waals surface area contributed by atoms with Crippen molar-refractivity contribution in [1.82, 2.24) is 9.55 Å². The van der Waals surface area contributed by atoms with Gasteiger partial charge in [-0.15, -0.1) is 11.3 Å². The lowest BCUT2D eigenvalue weighted by atomic mass is 10.1. The lowest BCUT2D eigenvalue weighted by Gasteiger charge is -2.12. The maximum Gasteiger partial charge on any atom is 0.337 e. The van der Waals surface area contributed by atoms with Gasteiger partial charge in [0.05, 0.1) is 31.7 Å². The van der Waals surface area contributed by atoms with Crippen molar-refractivity contribution in [3.8, 4) is 0 Å². The molecule has 0 aliphatic heterocycles. The van der Waals surface area contributed by atoms with Gasteiger partial charge in [-0.25, -0.2) is 14.6 Å². The zero-order valence-corrected chi connectivity index (χ0v) is 19.5. The summed E-state index contributed by atoms with van der Waals surface area (Å²) in [5, 5.41) is 2.00. The average molecular weight is 453 g/mol. The number of carbonyl (C=O) groups is 2. The lowest BCUT2D eigenvalue weighted by Crippen LogP contribution is -2.10. The highest BCUT2D eigenvalue weighted by Gasteiger charge is 2.15. The van der Waals surface area contributed by atoms with Gasteiger partial charge in [-0.1, -0.05) is 31.5 Å². The molecule has 0 aliphatic rings. The Kier molecular flexibility index (Phi) is 8.39. The van der Waals surface area contributed by atoms with Crippen LogP contribution in [0.1, 0.15) is 52.1 Å². The Bertz CT molecular complexity index is 1070. The van der Waals surface area contributed by atoms with Crippen LogP contribution in [0.4, 0.5) is 0 Å². The third kappa shape index (κ3) is 5.95. The number of nitrogens with zero attached hydrogens (tertiary/aromatic N) is 2. The molecule has 0 radical (unpaired) electrons. The Hall–Kier alpha value is -3.19. The van der Waals surface area contributed by atoms with E-state index in [1.807, 2.05) is 41.9 Å². The van der Waals surface area contributed by atoms with E-state index in [0.717, 1.165) is 41.2 Å². The van der Waals surface area contributed by atoms with Crippen molar-refractivity contribution in [2.75, 3.05) is 14.2 Å². The Morgan fingerprint density at radius 1 is 1.12 bits per heavy atom. The normalized spacial score (nSPS) is 11.4. The van der Waals surface area contributed by atoms with Gasteiger partial charge in [-0.05, 0) is 41.6 Å². The summed E-state index contributed by atoms with van der Waals surface area (Å²) in [6.07, 6.45) is 7.14. The fourth-order valence-electron chi connectivity index (χ4n) is 3.40. The summed E-state index contributed by atoms with van der Waals surface area (Å²) in [6, 6.07) is 11.3. The van der Waals surface area contributed by atoms with Gasteiger partial charge in [0.2, 0.25) is 0 Å². The van der Waals surface area contributed by atoms with Gasteiger partial charge in [0.1, 0.15) is 5.82 Å². The molecule has 168 valence electrons. The van der Waals surface area contributed by atoms with Gasteiger partial charge in [-0.2, -0.15) is 0 Å². The molecule has 0 amide bonds. The van der Waals surface area contributed by atoms with Crippen LogP contribution >= 0.6 is 11.3 Å². The van der Waals surface area contributed by atoms with Crippen LogP contribution in [0.25, 0.3) is 6.08 Å². The summed E-state index contributed by atoms with van der Waals surface area (Å²) in [6.45, 7) is 2.73. The van der Waals surface area contributed by atoms with E-state index in [4.69, 9.17) is 9.47 Å². The van der Waals surface area contributed by atoms with E-state index >= 15 is 0 Å². The third-order valence-corrected chi connectivity index (χ3v) is 6.03. The molecule has 3 rings (SSSR count). The van der Waals surface area contributed by atoms with Gasteiger partial charge in [0.15, 0.2) is 0 Å². The predicted molar refractivity (Wildman–Crippen MR) is 126 cm³/mol. The van der Waals surface area contributed by atoms with Crippen molar-refractivity contribution in [2.24, 2.45) is 0 Å². The van der Waals surface area contributed by atoms with Crippen molar-refractivity contribution < 1.29 is 19.1 Å². The van der Waals surface area contributed by atoms with Gasteiger partial charge in [-0.3, -0.25) is 0 Å². The first kappa shape index (κ1) is 23.5. The molecule has 0 aliphatic carbocycles. The maximum absolute atomic E-state index is 12.5. The van der Waals surface area contributed by atoms with Gasteiger partial charge >= 0.3 is 11.9 Å². The monoisotopic (exact) mass is 452 g/mol. The topological polar surface area (TPSA) is 70.4 Å². The largest absolute Gasteiger partial charge is 0.466 e. The van der Waals surface area contributed by atoms with E-state index in [1.165, 1.54) is 14.2 Å². The second-order valence-corrected chi connectivity index (χ2v) is 8.43. The molecule has 2 aromatic heterocycles. The first-order valence-electron chi connectivity index (χ1n) is 10.6. The Morgan fingerprint density at radius 3 is 2.53 bits per heavy atom. The third-order valence-electron chi connectivity index (χ3n) is 5.15. The fourth-order valence-corrected chi connectivity index (χ4v) is 4.13. The molecule has 7 heteroatoms. The van der Waals surface area contributed by atoms with Crippen molar-refractivity contribution in [3.05, 3.63) is 81.1 Å². The Balaban J connectivity index is 1.94. The fraction of sp³-hybridized carbons (Fsp3) is 0.320.